The molecule has 1 rings (SSSR count). The number of ether oxygens (including phenoxy) is 1. The maximum absolute atomic E-state index is 11.6. The summed E-state index contributed by atoms with van der Waals surface area (Å²) in [6.45, 7) is 1.34. The fourth-order valence-corrected chi connectivity index (χ4v) is 1.80. The van der Waals surface area contributed by atoms with Crippen LogP contribution in [0.2, 0.25) is 0 Å². The molecule has 1 aromatic carbocycles. The van der Waals surface area contributed by atoms with Crippen molar-refractivity contribution in [2.24, 2.45) is 0 Å². The molecule has 0 saturated heterocycles. The molecule has 5 nitrogen and oxygen atoms in total. The predicted molar refractivity (Wildman–Crippen MR) is 76.8 cm³/mol. The third-order valence-electron chi connectivity index (χ3n) is 2.39. The number of halogens is 1. The van der Waals surface area contributed by atoms with E-state index in [1.54, 1.807) is 25.3 Å². The summed E-state index contributed by atoms with van der Waals surface area (Å²) in [6.07, 6.45) is 0.780. The topological polar surface area (TPSA) is 74.2 Å². The molecule has 0 unspecified atom stereocenters. The molecule has 0 fully saturated rings. The van der Waals surface area contributed by atoms with E-state index in [4.69, 9.17) is 10.00 Å². The molecule has 2 N–H and O–H groups in total. The number of anilines is 1. The van der Waals surface area contributed by atoms with E-state index in [-0.39, 0.29) is 12.5 Å². The van der Waals surface area contributed by atoms with Crippen molar-refractivity contribution in [1.82, 2.24) is 5.32 Å². The number of hydrogen-bond acceptors (Lipinski definition) is 4. The molecule has 0 saturated carbocycles. The lowest BCUT2D eigenvalue weighted by molar-refractivity contribution is -0.119. The van der Waals surface area contributed by atoms with Gasteiger partial charge in [0.2, 0.25) is 5.91 Å². The molecule has 1 aromatic rings. The lowest BCUT2D eigenvalue weighted by Crippen LogP contribution is -2.31. The van der Waals surface area contributed by atoms with Crippen molar-refractivity contribution in [3.8, 4) is 6.07 Å². The maximum Gasteiger partial charge on any atom is 0.239 e. The van der Waals surface area contributed by atoms with E-state index >= 15 is 0 Å². The zero-order valence-corrected chi connectivity index (χ0v) is 12.3. The number of carbonyl (C=O) groups is 1. The molecular weight excluding hydrogens is 310 g/mol. The van der Waals surface area contributed by atoms with Gasteiger partial charge in [0.05, 0.1) is 17.8 Å². The van der Waals surface area contributed by atoms with Crippen LogP contribution in [0.15, 0.2) is 22.7 Å². The van der Waals surface area contributed by atoms with Crippen molar-refractivity contribution >= 4 is 27.5 Å². The van der Waals surface area contributed by atoms with Gasteiger partial charge < -0.3 is 15.4 Å². The summed E-state index contributed by atoms with van der Waals surface area (Å²) in [7, 11) is 1.63. The third-order valence-corrected chi connectivity index (χ3v) is 2.88. The van der Waals surface area contributed by atoms with Crippen LogP contribution in [-0.2, 0) is 9.53 Å². The minimum absolute atomic E-state index is 0.111. The second kappa shape index (κ2) is 8.51. The smallest absolute Gasteiger partial charge is 0.239 e. The Morgan fingerprint density at radius 2 is 2.32 bits per heavy atom. The Hall–Kier alpha value is -1.58. The summed E-state index contributed by atoms with van der Waals surface area (Å²) in [4.78, 5) is 11.6. The number of methoxy groups -OCH3 is 1. The average molecular weight is 326 g/mol. The van der Waals surface area contributed by atoms with Gasteiger partial charge in [-0.05, 0) is 24.6 Å². The number of benzene rings is 1. The third kappa shape index (κ3) is 5.73. The van der Waals surface area contributed by atoms with Gasteiger partial charge in [0.15, 0.2) is 0 Å². The van der Waals surface area contributed by atoms with Crippen molar-refractivity contribution in [1.29, 1.82) is 5.26 Å². The Morgan fingerprint density at radius 1 is 1.53 bits per heavy atom. The molecule has 0 aliphatic carbocycles. The molecule has 0 atom stereocenters. The highest BCUT2D eigenvalue weighted by Crippen LogP contribution is 2.20. The summed E-state index contributed by atoms with van der Waals surface area (Å²) in [5.74, 6) is -0.111. The van der Waals surface area contributed by atoms with Gasteiger partial charge in [-0.15, -0.1) is 0 Å². The van der Waals surface area contributed by atoms with Crippen LogP contribution in [0.4, 0.5) is 5.69 Å². The Morgan fingerprint density at radius 3 is 3.00 bits per heavy atom. The first-order chi connectivity index (χ1) is 9.17. The van der Waals surface area contributed by atoms with E-state index in [0.717, 1.165) is 10.9 Å². The van der Waals surface area contributed by atoms with Crippen LogP contribution in [-0.4, -0.2) is 32.7 Å². The predicted octanol–water partition coefficient (Wildman–Crippen LogP) is 1.89. The van der Waals surface area contributed by atoms with Gasteiger partial charge in [-0.1, -0.05) is 15.9 Å². The van der Waals surface area contributed by atoms with Crippen LogP contribution in [0.5, 0.6) is 0 Å². The number of nitriles is 1. The number of carbonyl (C=O) groups excluding carboxylic acids is 1. The van der Waals surface area contributed by atoms with Gasteiger partial charge in [0.1, 0.15) is 6.07 Å². The lowest BCUT2D eigenvalue weighted by atomic mass is 10.2. The number of hydrogen-bond donors (Lipinski definition) is 2. The molecule has 0 heterocycles. The number of nitrogens with one attached hydrogen (secondary N) is 2. The van der Waals surface area contributed by atoms with Crippen molar-refractivity contribution < 1.29 is 9.53 Å². The van der Waals surface area contributed by atoms with E-state index in [9.17, 15) is 4.79 Å². The van der Waals surface area contributed by atoms with Crippen molar-refractivity contribution in [2.45, 2.75) is 6.42 Å². The molecule has 1 amide bonds. The summed E-state index contributed by atoms with van der Waals surface area (Å²) >= 11 is 3.33. The van der Waals surface area contributed by atoms with E-state index in [1.807, 2.05) is 0 Å². The van der Waals surface area contributed by atoms with Gasteiger partial charge >= 0.3 is 0 Å². The molecule has 0 aliphatic rings. The second-order valence-corrected chi connectivity index (χ2v) is 4.77. The molecule has 0 bridgehead atoms. The minimum Gasteiger partial charge on any atom is -0.385 e. The average Bonchev–Trinajstić information content (AvgIpc) is 2.41. The number of amides is 1. The molecule has 19 heavy (non-hydrogen) atoms. The highest BCUT2D eigenvalue weighted by atomic mass is 79.9. The van der Waals surface area contributed by atoms with Crippen LogP contribution in [0.3, 0.4) is 0 Å². The SMILES string of the molecule is COCCCNC(=O)CNc1cc(Br)ccc1C#N. The van der Waals surface area contributed by atoms with Crippen molar-refractivity contribution in [3.05, 3.63) is 28.2 Å². The molecule has 0 spiro atoms. The zero-order valence-electron chi connectivity index (χ0n) is 10.7. The number of nitrogens with zero attached hydrogens (tertiary/aromatic N) is 1. The Labute approximate surface area is 121 Å². The normalized spacial score (nSPS) is 9.74. The van der Waals surface area contributed by atoms with Gasteiger partial charge in [0, 0.05) is 24.7 Å². The van der Waals surface area contributed by atoms with E-state index in [1.165, 1.54) is 0 Å². The standard InChI is InChI=1S/C13H16BrN3O2/c1-19-6-2-5-16-13(18)9-17-12-7-11(14)4-3-10(12)8-15/h3-4,7,17H,2,5-6,9H2,1H3,(H,16,18). The highest BCUT2D eigenvalue weighted by molar-refractivity contribution is 9.10. The second-order valence-electron chi connectivity index (χ2n) is 3.85. The largest absolute Gasteiger partial charge is 0.385 e. The fourth-order valence-electron chi connectivity index (χ4n) is 1.44. The van der Waals surface area contributed by atoms with E-state index < -0.39 is 0 Å². The summed E-state index contributed by atoms with van der Waals surface area (Å²) in [5.41, 5.74) is 1.15. The van der Waals surface area contributed by atoms with Gasteiger partial charge in [-0.3, -0.25) is 4.79 Å². The van der Waals surface area contributed by atoms with E-state index in [2.05, 4.69) is 32.6 Å². The van der Waals surface area contributed by atoms with Crippen LogP contribution >= 0.6 is 15.9 Å². The quantitative estimate of drug-likeness (QED) is 0.751. The fraction of sp³-hybridized carbons (Fsp3) is 0.385. The molecular formula is C13H16BrN3O2. The molecule has 6 heteroatoms. The Balaban J connectivity index is 2.42. The van der Waals surface area contributed by atoms with Gasteiger partial charge in [-0.2, -0.15) is 5.26 Å². The first kappa shape index (κ1) is 15.5. The zero-order chi connectivity index (χ0) is 14.1. The van der Waals surface area contributed by atoms with Crippen LogP contribution in [0.1, 0.15) is 12.0 Å². The lowest BCUT2D eigenvalue weighted by Gasteiger charge is -2.09. The maximum atomic E-state index is 11.6. The first-order valence-corrected chi connectivity index (χ1v) is 6.66. The van der Waals surface area contributed by atoms with Gasteiger partial charge in [0.25, 0.3) is 0 Å². The van der Waals surface area contributed by atoms with Crippen molar-refractivity contribution in [2.75, 3.05) is 32.1 Å². The van der Waals surface area contributed by atoms with Crippen LogP contribution in [0, 0.1) is 11.3 Å². The van der Waals surface area contributed by atoms with Gasteiger partial charge in [-0.25, -0.2) is 0 Å². The minimum atomic E-state index is -0.111. The molecule has 102 valence electrons. The van der Waals surface area contributed by atoms with Crippen LogP contribution in [0.25, 0.3) is 0 Å². The monoisotopic (exact) mass is 325 g/mol. The Bertz CT molecular complexity index is 471. The molecule has 0 aromatic heterocycles. The van der Waals surface area contributed by atoms with E-state index in [0.29, 0.717) is 24.4 Å². The summed E-state index contributed by atoms with van der Waals surface area (Å²) in [6, 6.07) is 7.33. The number of rotatable bonds is 7. The molecule has 0 aliphatic heterocycles. The highest BCUT2D eigenvalue weighted by Gasteiger charge is 2.05. The van der Waals surface area contributed by atoms with Crippen molar-refractivity contribution in [3.63, 3.8) is 0 Å². The summed E-state index contributed by atoms with van der Waals surface area (Å²) < 4.78 is 5.74. The van der Waals surface area contributed by atoms with Crippen LogP contribution < -0.4 is 10.6 Å². The Kier molecular flexibility index (Phi) is 6.93. The summed E-state index contributed by atoms with van der Waals surface area (Å²) in [5, 5.41) is 14.7. The first-order valence-electron chi connectivity index (χ1n) is 5.86. The molecule has 0 radical (unpaired) electrons.